The van der Waals surface area contributed by atoms with Crippen LogP contribution >= 0.6 is 11.6 Å². The average molecular weight is 493 g/mol. The van der Waals surface area contributed by atoms with Gasteiger partial charge in [0.05, 0.1) is 22.7 Å². The Morgan fingerprint density at radius 3 is 2.61 bits per heavy atom. The average Bonchev–Trinajstić information content (AvgIpc) is 3.14. The molecule has 0 spiro atoms. The number of rotatable bonds is 11. The highest BCUT2D eigenvalue weighted by Gasteiger charge is 2.31. The van der Waals surface area contributed by atoms with Gasteiger partial charge in [0.2, 0.25) is 10.0 Å². The van der Waals surface area contributed by atoms with Crippen LogP contribution in [0.1, 0.15) is 51.2 Å². The van der Waals surface area contributed by atoms with E-state index in [-0.39, 0.29) is 10.9 Å². The number of ether oxygens (including phenoxy) is 1. The first-order valence-corrected chi connectivity index (χ1v) is 13.2. The molecule has 1 aromatic carbocycles. The minimum Gasteiger partial charge on any atom is -0.380 e. The van der Waals surface area contributed by atoms with E-state index >= 15 is 0 Å². The summed E-state index contributed by atoms with van der Waals surface area (Å²) in [5.41, 5.74) is 3.30. The molecule has 0 aliphatic carbocycles. The van der Waals surface area contributed by atoms with E-state index in [1.54, 1.807) is 18.3 Å². The Balaban J connectivity index is 1.90. The van der Waals surface area contributed by atoms with Crippen LogP contribution < -0.4 is 0 Å². The first kappa shape index (κ1) is 25.6. The Kier molecular flexibility index (Phi) is 8.50. The van der Waals surface area contributed by atoms with Crippen molar-refractivity contribution in [3.05, 3.63) is 52.6 Å². The number of hydrogen-bond donors (Lipinski definition) is 1. The summed E-state index contributed by atoms with van der Waals surface area (Å²) in [4.78, 5) is 12.4. The number of pyridine rings is 1. The molecule has 0 unspecified atom stereocenters. The van der Waals surface area contributed by atoms with Crippen molar-refractivity contribution < 1.29 is 13.2 Å². The summed E-state index contributed by atoms with van der Waals surface area (Å²) in [7, 11) is -3.73. The molecule has 0 aliphatic rings. The van der Waals surface area contributed by atoms with Gasteiger partial charge >= 0.3 is 0 Å². The van der Waals surface area contributed by atoms with E-state index in [0.717, 1.165) is 34.5 Å². The zero-order chi connectivity index (χ0) is 24.2. The fourth-order valence-electron chi connectivity index (χ4n) is 4.08. The van der Waals surface area contributed by atoms with Crippen LogP contribution in [0.2, 0.25) is 5.02 Å². The predicted molar refractivity (Wildman–Crippen MR) is 132 cm³/mol. The second-order valence-electron chi connectivity index (χ2n) is 8.56. The lowest BCUT2D eigenvalue weighted by atomic mass is 10.0. The molecule has 7 nitrogen and oxygen atoms in total. The van der Waals surface area contributed by atoms with Crippen molar-refractivity contribution >= 4 is 32.7 Å². The number of nitrogens with zero attached hydrogens (tertiary/aromatic N) is 3. The van der Waals surface area contributed by atoms with E-state index in [4.69, 9.17) is 16.3 Å². The van der Waals surface area contributed by atoms with Crippen molar-refractivity contribution in [1.82, 2.24) is 19.3 Å². The third-order valence-corrected chi connectivity index (χ3v) is 7.94. The summed E-state index contributed by atoms with van der Waals surface area (Å²) in [6.07, 6.45) is 2.91. The molecule has 0 amide bonds. The second-order valence-corrected chi connectivity index (χ2v) is 10.9. The van der Waals surface area contributed by atoms with Crippen LogP contribution in [0.3, 0.4) is 0 Å². The Morgan fingerprint density at radius 1 is 1.21 bits per heavy atom. The predicted octanol–water partition coefficient (Wildman–Crippen LogP) is 4.97. The van der Waals surface area contributed by atoms with Gasteiger partial charge in [-0.15, -0.1) is 0 Å². The lowest BCUT2D eigenvalue weighted by Crippen LogP contribution is -2.43. The topological polar surface area (TPSA) is 88.2 Å². The van der Waals surface area contributed by atoms with Crippen LogP contribution in [0.25, 0.3) is 11.0 Å². The van der Waals surface area contributed by atoms with Crippen molar-refractivity contribution in [1.29, 1.82) is 0 Å². The maximum atomic E-state index is 13.5. The second kappa shape index (κ2) is 11.0. The van der Waals surface area contributed by atoms with E-state index in [1.807, 2.05) is 26.8 Å². The molecule has 3 rings (SSSR count). The number of sulfonamides is 1. The molecule has 2 aromatic heterocycles. The van der Waals surface area contributed by atoms with Gasteiger partial charge < -0.3 is 9.72 Å². The first-order chi connectivity index (χ1) is 15.7. The zero-order valence-corrected chi connectivity index (χ0v) is 21.5. The standard InChI is InChI=1S/C24H33ClN4O3S/c1-6-29(19(12-16(3)4)15-32-7-2)33(30,31)20-9-8-18(21(25)14-20)13-23-24-22(10-11-26-23)27-17(5)28-24/h8-11,14,16,19H,6-7,12-13,15H2,1-5H3,(H,27,28)/t19-/m0/s1. The van der Waals surface area contributed by atoms with E-state index in [0.29, 0.717) is 37.1 Å². The largest absolute Gasteiger partial charge is 0.380 e. The molecular weight excluding hydrogens is 460 g/mol. The number of nitrogens with one attached hydrogen (secondary N) is 1. The molecule has 180 valence electrons. The number of aromatic nitrogens is 3. The molecule has 0 fully saturated rings. The van der Waals surface area contributed by atoms with Crippen molar-refractivity contribution in [3.8, 4) is 0 Å². The maximum absolute atomic E-state index is 13.5. The number of halogens is 1. The van der Waals surface area contributed by atoms with Gasteiger partial charge in [0, 0.05) is 36.8 Å². The third-order valence-electron chi connectivity index (χ3n) is 5.56. The van der Waals surface area contributed by atoms with Gasteiger partial charge in [-0.05, 0) is 49.9 Å². The third kappa shape index (κ3) is 5.93. The molecule has 3 aromatic rings. The van der Waals surface area contributed by atoms with Gasteiger partial charge in [-0.2, -0.15) is 4.31 Å². The number of H-pyrrole nitrogens is 1. The highest BCUT2D eigenvalue weighted by atomic mass is 35.5. The molecule has 1 atom stereocenters. The monoisotopic (exact) mass is 492 g/mol. The number of aromatic amines is 1. The zero-order valence-electron chi connectivity index (χ0n) is 19.9. The highest BCUT2D eigenvalue weighted by Crippen LogP contribution is 2.28. The molecule has 2 heterocycles. The van der Waals surface area contributed by atoms with Crippen LogP contribution in [-0.4, -0.2) is 53.5 Å². The SMILES string of the molecule is CCOC[C@H](CC(C)C)N(CC)S(=O)(=O)c1ccc(Cc2nccc3[nH]c(C)nc23)c(Cl)c1. The molecule has 0 saturated carbocycles. The minimum absolute atomic E-state index is 0.185. The molecule has 33 heavy (non-hydrogen) atoms. The summed E-state index contributed by atoms with van der Waals surface area (Å²) in [6, 6.07) is 6.58. The summed E-state index contributed by atoms with van der Waals surface area (Å²) in [6.45, 7) is 11.1. The summed E-state index contributed by atoms with van der Waals surface area (Å²) < 4.78 is 34.2. The molecule has 0 bridgehead atoms. The van der Waals surface area contributed by atoms with Crippen LogP contribution in [-0.2, 0) is 21.2 Å². The molecular formula is C24H33ClN4O3S. The molecule has 1 N–H and O–H groups in total. The van der Waals surface area contributed by atoms with Gasteiger partial charge in [0.15, 0.2) is 0 Å². The number of imidazole rings is 1. The smallest absolute Gasteiger partial charge is 0.243 e. The first-order valence-electron chi connectivity index (χ1n) is 11.4. The Hall–Kier alpha value is -2.00. The van der Waals surface area contributed by atoms with E-state index < -0.39 is 10.0 Å². The number of likely N-dealkylation sites (N-methyl/N-ethyl adjacent to an activating group) is 1. The normalized spacial score (nSPS) is 13.3. The van der Waals surface area contributed by atoms with E-state index in [2.05, 4.69) is 28.8 Å². The van der Waals surface area contributed by atoms with Crippen molar-refractivity contribution in [2.45, 2.75) is 58.4 Å². The fourth-order valence-corrected chi connectivity index (χ4v) is 6.05. The minimum atomic E-state index is -3.73. The van der Waals surface area contributed by atoms with Crippen molar-refractivity contribution in [3.63, 3.8) is 0 Å². The lowest BCUT2D eigenvalue weighted by molar-refractivity contribution is 0.0901. The van der Waals surface area contributed by atoms with Crippen molar-refractivity contribution in [2.24, 2.45) is 5.92 Å². The van der Waals surface area contributed by atoms with Crippen LogP contribution in [0.5, 0.6) is 0 Å². The summed E-state index contributed by atoms with van der Waals surface area (Å²) >= 11 is 6.57. The van der Waals surface area contributed by atoms with Gasteiger partial charge in [0.1, 0.15) is 11.3 Å². The van der Waals surface area contributed by atoms with E-state index in [1.165, 1.54) is 10.4 Å². The maximum Gasteiger partial charge on any atom is 0.243 e. The molecule has 0 saturated heterocycles. The van der Waals surface area contributed by atoms with Gasteiger partial charge in [0.25, 0.3) is 0 Å². The highest BCUT2D eigenvalue weighted by molar-refractivity contribution is 7.89. The summed E-state index contributed by atoms with van der Waals surface area (Å²) in [5, 5.41) is 0.392. The molecule has 0 radical (unpaired) electrons. The Labute approximate surface area is 201 Å². The van der Waals surface area contributed by atoms with Gasteiger partial charge in [-0.1, -0.05) is 38.4 Å². The Morgan fingerprint density at radius 2 is 1.97 bits per heavy atom. The van der Waals surface area contributed by atoms with Crippen LogP contribution in [0, 0.1) is 12.8 Å². The molecule has 9 heteroatoms. The Bertz CT molecular complexity index is 1190. The van der Waals surface area contributed by atoms with Crippen LogP contribution in [0.4, 0.5) is 0 Å². The number of fused-ring (bicyclic) bond motifs is 1. The number of hydrogen-bond acceptors (Lipinski definition) is 5. The quantitative estimate of drug-likeness (QED) is 0.408. The molecule has 0 aliphatic heterocycles. The van der Waals surface area contributed by atoms with E-state index in [9.17, 15) is 8.42 Å². The van der Waals surface area contributed by atoms with Gasteiger partial charge in [-0.25, -0.2) is 13.4 Å². The summed E-state index contributed by atoms with van der Waals surface area (Å²) in [5.74, 6) is 1.15. The lowest BCUT2D eigenvalue weighted by Gasteiger charge is -2.31. The number of aryl methyl sites for hydroxylation is 1. The van der Waals surface area contributed by atoms with Crippen LogP contribution in [0.15, 0.2) is 35.4 Å². The van der Waals surface area contributed by atoms with Gasteiger partial charge in [-0.3, -0.25) is 4.98 Å². The number of benzene rings is 1. The van der Waals surface area contributed by atoms with Crippen molar-refractivity contribution in [2.75, 3.05) is 19.8 Å². The fraction of sp³-hybridized carbons (Fsp3) is 0.500.